The first-order valence-corrected chi connectivity index (χ1v) is 22.9. The van der Waals surface area contributed by atoms with Crippen LogP contribution in [0.15, 0.2) is 60.8 Å². The quantitative estimate of drug-likeness (QED) is 0.109. The molecule has 2 aliphatic carbocycles. The van der Waals surface area contributed by atoms with Crippen LogP contribution in [-0.4, -0.2) is 112 Å². The van der Waals surface area contributed by atoms with Crippen LogP contribution in [0, 0.1) is 17.8 Å². The number of amides is 4. The van der Waals surface area contributed by atoms with Crippen molar-refractivity contribution in [1.82, 2.24) is 40.4 Å². The number of imidazole rings is 2. The van der Waals surface area contributed by atoms with Gasteiger partial charge < -0.3 is 49.3 Å². The van der Waals surface area contributed by atoms with Gasteiger partial charge in [-0.25, -0.2) is 19.6 Å². The number of nitrogens with one attached hydrogen (secondary N) is 4. The Labute approximate surface area is 385 Å². The number of hydrogen-bond donors (Lipinski definition) is 4. The van der Waals surface area contributed by atoms with Crippen LogP contribution >= 0.6 is 0 Å². The molecule has 4 fully saturated rings. The first-order chi connectivity index (χ1) is 32.1. The number of benzene rings is 3. The number of ether oxygens (including phenoxy) is 4. The number of carbonyl (C=O) groups excluding carboxylic acids is 4. The van der Waals surface area contributed by atoms with E-state index in [1.165, 1.54) is 20.3 Å². The maximum Gasteiger partial charge on any atom is 0.407 e. The van der Waals surface area contributed by atoms with E-state index in [0.29, 0.717) is 58.3 Å². The third-order valence-electron chi connectivity index (χ3n) is 14.4. The van der Waals surface area contributed by atoms with Gasteiger partial charge in [0.1, 0.15) is 23.7 Å². The Hall–Kier alpha value is -6.40. The highest BCUT2D eigenvalue weighted by Gasteiger charge is 2.54. The van der Waals surface area contributed by atoms with Crippen molar-refractivity contribution in [3.05, 3.63) is 83.6 Å². The predicted octanol–water partition coefficient (Wildman–Crippen LogP) is 7.57. The van der Waals surface area contributed by atoms with Crippen molar-refractivity contribution in [2.45, 2.75) is 95.3 Å². The minimum Gasteiger partial charge on any atom is -0.453 e. The fraction of sp³-hybridized carbons (Fsp3) is 0.469. The number of alkyl carbamates (subject to hydrolysis) is 2. The minimum absolute atomic E-state index is 0.0366. The molecule has 1 spiro atoms. The molecular weight excluding hydrogens is 867 g/mol. The van der Waals surface area contributed by atoms with Gasteiger partial charge >= 0.3 is 12.2 Å². The van der Waals surface area contributed by atoms with Crippen LogP contribution < -0.4 is 10.6 Å². The number of nitrogens with zero attached hydrogens (tertiary/aromatic N) is 4. The number of H-pyrrole nitrogens is 2. The van der Waals surface area contributed by atoms with E-state index in [9.17, 15) is 19.2 Å². The van der Waals surface area contributed by atoms with E-state index in [1.807, 2.05) is 56.9 Å². The Morgan fingerprint density at radius 2 is 1.40 bits per heavy atom. The number of aromatic nitrogens is 4. The molecule has 16 nitrogen and oxygen atoms in total. The molecule has 4 amide bonds. The third-order valence-corrected chi connectivity index (χ3v) is 14.4. The first-order valence-electron chi connectivity index (χ1n) is 22.9. The van der Waals surface area contributed by atoms with Crippen molar-refractivity contribution >= 4 is 35.0 Å². The zero-order valence-electron chi connectivity index (χ0n) is 38.2. The van der Waals surface area contributed by atoms with Crippen molar-refractivity contribution in [3.8, 4) is 33.5 Å². The van der Waals surface area contributed by atoms with Gasteiger partial charge in [-0.3, -0.25) is 9.59 Å². The molecule has 4 N–H and O–H groups in total. The minimum atomic E-state index is -3.32. The average molecular weight is 921 g/mol. The van der Waals surface area contributed by atoms with Gasteiger partial charge in [-0.2, -0.15) is 8.78 Å². The van der Waals surface area contributed by atoms with E-state index in [0.717, 1.165) is 30.3 Å². The zero-order chi connectivity index (χ0) is 47.1. The molecule has 18 heteroatoms. The molecule has 0 radical (unpaired) electrons. The summed E-state index contributed by atoms with van der Waals surface area (Å²) in [5, 5.41) is 5.38. The Morgan fingerprint density at radius 1 is 0.791 bits per heavy atom. The number of rotatable bonds is 10. The van der Waals surface area contributed by atoms with Crippen LogP contribution in [0.4, 0.5) is 18.4 Å². The predicted molar refractivity (Wildman–Crippen MR) is 240 cm³/mol. The van der Waals surface area contributed by atoms with E-state index in [4.69, 9.17) is 23.9 Å². The molecule has 3 aromatic carbocycles. The molecule has 5 heterocycles. The molecule has 2 bridgehead atoms. The van der Waals surface area contributed by atoms with Crippen LogP contribution in [0.3, 0.4) is 0 Å². The lowest BCUT2D eigenvalue weighted by Gasteiger charge is -2.37. The highest BCUT2D eigenvalue weighted by molar-refractivity contribution is 5.89. The summed E-state index contributed by atoms with van der Waals surface area (Å²) >= 11 is 0. The fourth-order valence-corrected chi connectivity index (χ4v) is 11.0. The summed E-state index contributed by atoms with van der Waals surface area (Å²) in [6.07, 6.45) is 3.15. The van der Waals surface area contributed by atoms with Gasteiger partial charge in [0, 0.05) is 29.2 Å². The average Bonchev–Trinajstić information content (AvgIpc) is 4.20. The van der Waals surface area contributed by atoms with Gasteiger partial charge in [0.2, 0.25) is 11.8 Å². The van der Waals surface area contributed by atoms with Crippen LogP contribution in [0.1, 0.15) is 88.2 Å². The highest BCUT2D eigenvalue weighted by atomic mass is 19.3. The number of aromatic amines is 2. The molecule has 1 unspecified atom stereocenters. The molecule has 67 heavy (non-hydrogen) atoms. The van der Waals surface area contributed by atoms with Gasteiger partial charge in [0.05, 0.1) is 69.0 Å². The first kappa shape index (κ1) is 44.4. The summed E-state index contributed by atoms with van der Waals surface area (Å²) in [5.41, 5.74) is 4.36. The fourth-order valence-electron chi connectivity index (χ4n) is 11.0. The lowest BCUT2D eigenvalue weighted by Crippen LogP contribution is -2.54. The second kappa shape index (κ2) is 16.7. The topological polar surface area (TPSA) is 193 Å². The molecule has 3 saturated heterocycles. The van der Waals surface area contributed by atoms with Gasteiger partial charge in [0.25, 0.3) is 5.92 Å². The van der Waals surface area contributed by atoms with Crippen LogP contribution in [0.5, 0.6) is 0 Å². The summed E-state index contributed by atoms with van der Waals surface area (Å²) in [4.78, 5) is 72.4. The normalized spacial score (nSPS) is 23.0. The van der Waals surface area contributed by atoms with Crippen molar-refractivity contribution in [2.75, 3.05) is 34.0 Å². The number of likely N-dealkylation sites (tertiary alicyclic amines) is 2. The van der Waals surface area contributed by atoms with E-state index in [-0.39, 0.29) is 65.7 Å². The number of alkyl halides is 2. The molecule has 10 rings (SSSR count). The summed E-state index contributed by atoms with van der Waals surface area (Å²) in [6, 6.07) is 13.2. The Bertz CT molecular complexity index is 2780. The number of halogens is 2. The van der Waals surface area contributed by atoms with Gasteiger partial charge in [0.15, 0.2) is 5.79 Å². The maximum atomic E-state index is 16.7. The summed E-state index contributed by atoms with van der Waals surface area (Å²) < 4.78 is 55.1. The molecule has 5 aromatic rings. The van der Waals surface area contributed by atoms with E-state index in [2.05, 4.69) is 25.6 Å². The molecule has 352 valence electrons. The zero-order valence-corrected chi connectivity index (χ0v) is 38.2. The van der Waals surface area contributed by atoms with Gasteiger partial charge in [-0.1, -0.05) is 58.0 Å². The van der Waals surface area contributed by atoms with Gasteiger partial charge in [-0.15, -0.1) is 0 Å². The lowest BCUT2D eigenvalue weighted by molar-refractivity contribution is -0.153. The molecule has 5 aliphatic rings. The van der Waals surface area contributed by atoms with E-state index >= 15 is 8.78 Å². The smallest absolute Gasteiger partial charge is 0.407 e. The number of fused-ring (bicyclic) bond motifs is 6. The number of carbonyl (C=O) groups is 4. The van der Waals surface area contributed by atoms with Crippen LogP contribution in [0.25, 0.3) is 44.5 Å². The largest absolute Gasteiger partial charge is 0.453 e. The SMILES string of the molecule is COC(=O)N[C@H](C(=O)N1CC2(CC1c1ncc(-c3ccc4c(c3)C(F)(F)c3cc(-c5ccc6nc([C@@H]7[C@H]8CC[C@H](C8)N7C(=O)[C@@H](NC(=O)OC)C(C)C)[nH]c6c5)ccc3-4)[nH]1)OCCO2)C(C)C. The van der Waals surface area contributed by atoms with Crippen LogP contribution in [0.2, 0.25) is 0 Å². The monoisotopic (exact) mass is 920 g/mol. The second-order valence-corrected chi connectivity index (χ2v) is 19.1. The van der Waals surface area contributed by atoms with Crippen LogP contribution in [-0.2, 0) is 34.5 Å². The summed E-state index contributed by atoms with van der Waals surface area (Å²) in [7, 11) is 2.51. The van der Waals surface area contributed by atoms with Crippen molar-refractivity contribution < 1.29 is 46.9 Å². The number of methoxy groups -OCH3 is 2. The molecule has 1 saturated carbocycles. The van der Waals surface area contributed by atoms with Crippen molar-refractivity contribution in [3.63, 3.8) is 0 Å². The Balaban J connectivity index is 0.902. The van der Waals surface area contributed by atoms with Crippen molar-refractivity contribution in [2.24, 2.45) is 17.8 Å². The maximum absolute atomic E-state index is 16.7. The van der Waals surface area contributed by atoms with E-state index in [1.54, 1.807) is 35.4 Å². The standard InChI is InChI=1S/C49H54F2N8O8/c1-24(2)39(56-46(62)64-5)44(60)58-23-48(66-15-16-67-48)21-38(58)42-52-22-37(55-42)28-9-13-32-31-12-8-26(18-33(31)49(50,51)34(32)19-28)27-10-14-35-36(20-27)54-43(53-35)41-29-7-11-30(17-29)59(41)45(61)40(25(3)4)57-47(63)65-6/h8-10,12-14,18-20,22,24-25,29-30,38-41H,7,11,15-17,21,23H2,1-6H3,(H,52,55)(H,53,54)(H,56,62)(H,57,63)/t29-,30+,38?,39-,40-,41-/m0/s1. The molecule has 6 atom stereocenters. The Morgan fingerprint density at radius 3 is 2.06 bits per heavy atom. The second-order valence-electron chi connectivity index (χ2n) is 19.1. The molecule has 2 aromatic heterocycles. The van der Waals surface area contributed by atoms with E-state index < -0.39 is 42.0 Å². The number of hydrogen-bond acceptors (Lipinski definition) is 10. The summed E-state index contributed by atoms with van der Waals surface area (Å²) in [6.45, 7) is 8.26. The van der Waals surface area contributed by atoms with Gasteiger partial charge in [-0.05, 0) is 83.5 Å². The van der Waals surface area contributed by atoms with Crippen molar-refractivity contribution in [1.29, 1.82) is 0 Å². The highest BCUT2D eigenvalue weighted by Crippen LogP contribution is 2.54. The lowest BCUT2D eigenvalue weighted by atomic mass is 9.95. The Kier molecular flexibility index (Phi) is 11.1. The molecular formula is C49H54F2N8O8. The number of piperidine rings is 1. The third kappa shape index (κ3) is 7.57. The summed E-state index contributed by atoms with van der Waals surface area (Å²) in [5.74, 6) is -4.04. The molecule has 3 aliphatic heterocycles.